The number of urea groups is 1. The molecule has 0 saturated carbocycles. The van der Waals surface area contributed by atoms with E-state index in [1.807, 2.05) is 38.2 Å². The highest BCUT2D eigenvalue weighted by Gasteiger charge is 2.29. The van der Waals surface area contributed by atoms with Gasteiger partial charge in [-0.05, 0) is 44.2 Å². The first-order valence-corrected chi connectivity index (χ1v) is 7.81. The molecule has 6 heteroatoms. The van der Waals surface area contributed by atoms with Crippen LogP contribution in [0.3, 0.4) is 0 Å². The molecule has 0 aliphatic carbocycles. The minimum Gasteiger partial charge on any atom is -0.395 e. The number of nitrogens with zero attached hydrogens (tertiary/aromatic N) is 2. The molecule has 0 bridgehead atoms. The van der Waals surface area contributed by atoms with Gasteiger partial charge in [0.15, 0.2) is 0 Å². The number of aromatic nitrogens is 1. The van der Waals surface area contributed by atoms with Crippen molar-refractivity contribution < 1.29 is 9.90 Å². The number of rotatable bonds is 3. The summed E-state index contributed by atoms with van der Waals surface area (Å²) in [6.45, 7) is 2.86. The summed E-state index contributed by atoms with van der Waals surface area (Å²) in [6, 6.07) is 7.61. The molecule has 2 unspecified atom stereocenters. The van der Waals surface area contributed by atoms with E-state index in [-0.39, 0.29) is 24.7 Å². The van der Waals surface area contributed by atoms with Gasteiger partial charge in [-0.25, -0.2) is 4.79 Å². The second kappa shape index (κ2) is 6.52. The third kappa shape index (κ3) is 3.28. The topological polar surface area (TPSA) is 77.5 Å². The van der Waals surface area contributed by atoms with Crippen LogP contribution in [0.5, 0.6) is 0 Å². The van der Waals surface area contributed by atoms with E-state index in [2.05, 4.69) is 20.5 Å². The number of likely N-dealkylation sites (N-methyl/N-ethyl adjacent to an activating group) is 1. The Morgan fingerprint density at radius 1 is 1.43 bits per heavy atom. The summed E-state index contributed by atoms with van der Waals surface area (Å²) in [5, 5.41) is 16.1. The van der Waals surface area contributed by atoms with Crippen LogP contribution in [0, 0.1) is 6.92 Å². The molecule has 3 rings (SSSR count). The number of aryl methyl sites for hydroxylation is 1. The summed E-state index contributed by atoms with van der Waals surface area (Å²) in [4.78, 5) is 18.7. The Hall–Kier alpha value is -2.18. The highest BCUT2D eigenvalue weighted by atomic mass is 16.3. The van der Waals surface area contributed by atoms with Crippen molar-refractivity contribution in [1.29, 1.82) is 0 Å². The lowest BCUT2D eigenvalue weighted by Gasteiger charge is -2.15. The number of hydrogen-bond donors (Lipinski definition) is 3. The number of benzene rings is 1. The number of anilines is 1. The molecule has 1 aliphatic rings. The van der Waals surface area contributed by atoms with Crippen LogP contribution >= 0.6 is 0 Å². The predicted octanol–water partition coefficient (Wildman–Crippen LogP) is 1.73. The van der Waals surface area contributed by atoms with E-state index in [1.54, 1.807) is 6.20 Å². The standard InChI is InChI=1S/C17H22N4O2/c1-11-5-6-15(14-4-3-7-18-16(11)14)20-17(23)19-12-8-13(10-22)21(2)9-12/h3-7,12-13,22H,8-10H2,1-2H3,(H2,19,20,23). The molecule has 0 spiro atoms. The maximum absolute atomic E-state index is 12.3. The van der Waals surface area contributed by atoms with E-state index in [0.29, 0.717) is 0 Å². The molecule has 2 aromatic rings. The van der Waals surface area contributed by atoms with Gasteiger partial charge in [-0.3, -0.25) is 9.88 Å². The first-order chi connectivity index (χ1) is 11.1. The summed E-state index contributed by atoms with van der Waals surface area (Å²) in [7, 11) is 1.96. The van der Waals surface area contributed by atoms with Crippen LogP contribution < -0.4 is 10.6 Å². The van der Waals surface area contributed by atoms with Crippen molar-refractivity contribution in [2.45, 2.75) is 25.4 Å². The molecule has 1 fully saturated rings. The zero-order chi connectivity index (χ0) is 16.4. The number of likely N-dealkylation sites (tertiary alicyclic amines) is 1. The molecule has 23 heavy (non-hydrogen) atoms. The van der Waals surface area contributed by atoms with Crippen LogP contribution in [0.1, 0.15) is 12.0 Å². The van der Waals surface area contributed by atoms with Gasteiger partial charge in [0.2, 0.25) is 0 Å². The third-order valence-electron chi connectivity index (χ3n) is 4.45. The Morgan fingerprint density at radius 2 is 2.26 bits per heavy atom. The van der Waals surface area contributed by atoms with Crippen LogP contribution in [0.25, 0.3) is 10.9 Å². The number of fused-ring (bicyclic) bond motifs is 1. The zero-order valence-corrected chi connectivity index (χ0v) is 13.4. The molecular weight excluding hydrogens is 292 g/mol. The van der Waals surface area contributed by atoms with Gasteiger partial charge in [-0.2, -0.15) is 0 Å². The fourth-order valence-corrected chi connectivity index (χ4v) is 3.16. The number of pyridine rings is 1. The minimum atomic E-state index is -0.226. The van der Waals surface area contributed by atoms with E-state index in [9.17, 15) is 9.90 Å². The lowest BCUT2D eigenvalue weighted by Crippen LogP contribution is -2.39. The lowest BCUT2D eigenvalue weighted by atomic mass is 10.1. The molecule has 1 aliphatic heterocycles. The molecule has 2 heterocycles. The van der Waals surface area contributed by atoms with Crippen molar-refractivity contribution in [2.75, 3.05) is 25.5 Å². The Labute approximate surface area is 135 Å². The van der Waals surface area contributed by atoms with Crippen LogP contribution in [-0.4, -0.2) is 53.3 Å². The van der Waals surface area contributed by atoms with Gasteiger partial charge in [0, 0.05) is 30.2 Å². The summed E-state index contributed by atoms with van der Waals surface area (Å²) >= 11 is 0. The Kier molecular flexibility index (Phi) is 4.45. The maximum atomic E-state index is 12.3. The molecule has 1 saturated heterocycles. The summed E-state index contributed by atoms with van der Waals surface area (Å²) < 4.78 is 0. The maximum Gasteiger partial charge on any atom is 0.319 e. The Balaban J connectivity index is 1.71. The molecule has 6 nitrogen and oxygen atoms in total. The fraction of sp³-hybridized carbons (Fsp3) is 0.412. The SMILES string of the molecule is Cc1ccc(NC(=O)NC2CC(CO)N(C)C2)c2cccnc12. The number of carbonyl (C=O) groups excluding carboxylic acids is 1. The largest absolute Gasteiger partial charge is 0.395 e. The number of hydrogen-bond acceptors (Lipinski definition) is 4. The first-order valence-electron chi connectivity index (χ1n) is 7.81. The summed E-state index contributed by atoms with van der Waals surface area (Å²) in [5.74, 6) is 0. The van der Waals surface area contributed by atoms with E-state index in [0.717, 1.165) is 35.1 Å². The minimum absolute atomic E-state index is 0.0481. The van der Waals surface area contributed by atoms with E-state index < -0.39 is 0 Å². The molecule has 1 aromatic carbocycles. The van der Waals surface area contributed by atoms with Gasteiger partial charge in [0.05, 0.1) is 17.8 Å². The average Bonchev–Trinajstić information content (AvgIpc) is 2.90. The molecule has 1 aromatic heterocycles. The lowest BCUT2D eigenvalue weighted by molar-refractivity contribution is 0.182. The normalized spacial score (nSPS) is 21.5. The third-order valence-corrected chi connectivity index (χ3v) is 4.45. The van der Waals surface area contributed by atoms with Crippen molar-refractivity contribution in [2.24, 2.45) is 0 Å². The van der Waals surface area contributed by atoms with Gasteiger partial charge < -0.3 is 15.7 Å². The van der Waals surface area contributed by atoms with Crippen LogP contribution in [-0.2, 0) is 0 Å². The number of aliphatic hydroxyl groups excluding tert-OH is 1. The number of carbonyl (C=O) groups is 1. The van der Waals surface area contributed by atoms with Crippen molar-refractivity contribution >= 4 is 22.6 Å². The highest BCUT2D eigenvalue weighted by Crippen LogP contribution is 2.24. The molecule has 2 atom stereocenters. The van der Waals surface area contributed by atoms with Gasteiger partial charge in [0.25, 0.3) is 0 Å². The van der Waals surface area contributed by atoms with Gasteiger partial charge in [0.1, 0.15) is 0 Å². The van der Waals surface area contributed by atoms with Crippen molar-refractivity contribution in [3.05, 3.63) is 36.0 Å². The van der Waals surface area contributed by atoms with E-state index >= 15 is 0 Å². The van der Waals surface area contributed by atoms with Gasteiger partial charge >= 0.3 is 6.03 Å². The zero-order valence-electron chi connectivity index (χ0n) is 13.4. The van der Waals surface area contributed by atoms with Crippen molar-refractivity contribution in [1.82, 2.24) is 15.2 Å². The highest BCUT2D eigenvalue weighted by molar-refractivity contribution is 6.01. The van der Waals surface area contributed by atoms with E-state index in [1.165, 1.54) is 0 Å². The fourth-order valence-electron chi connectivity index (χ4n) is 3.16. The van der Waals surface area contributed by atoms with Crippen LogP contribution in [0.4, 0.5) is 10.5 Å². The molecule has 0 radical (unpaired) electrons. The summed E-state index contributed by atoms with van der Waals surface area (Å²) in [5.41, 5.74) is 2.72. The first kappa shape index (κ1) is 15.7. The van der Waals surface area contributed by atoms with Crippen molar-refractivity contribution in [3.8, 4) is 0 Å². The average molecular weight is 314 g/mol. The van der Waals surface area contributed by atoms with Crippen molar-refractivity contribution in [3.63, 3.8) is 0 Å². The quantitative estimate of drug-likeness (QED) is 0.806. The molecular formula is C17H22N4O2. The molecule has 3 N–H and O–H groups in total. The molecule has 2 amide bonds. The van der Waals surface area contributed by atoms with Gasteiger partial charge in [-0.15, -0.1) is 0 Å². The number of aliphatic hydroxyl groups is 1. The molecule has 122 valence electrons. The smallest absolute Gasteiger partial charge is 0.319 e. The number of amides is 2. The Morgan fingerprint density at radius 3 is 3.00 bits per heavy atom. The van der Waals surface area contributed by atoms with Gasteiger partial charge in [-0.1, -0.05) is 6.07 Å². The monoisotopic (exact) mass is 314 g/mol. The summed E-state index contributed by atoms with van der Waals surface area (Å²) in [6.07, 6.45) is 2.51. The Bertz CT molecular complexity index is 719. The second-order valence-corrected chi connectivity index (χ2v) is 6.14. The second-order valence-electron chi connectivity index (χ2n) is 6.14. The number of nitrogens with one attached hydrogen (secondary N) is 2. The predicted molar refractivity (Wildman–Crippen MR) is 90.5 cm³/mol. The van der Waals surface area contributed by atoms with E-state index in [4.69, 9.17) is 0 Å². The van der Waals surface area contributed by atoms with Crippen LogP contribution in [0.15, 0.2) is 30.5 Å². The van der Waals surface area contributed by atoms with Crippen LogP contribution in [0.2, 0.25) is 0 Å².